The maximum absolute atomic E-state index is 10.7. The number of benzene rings is 2. The third kappa shape index (κ3) is 4.47. The van der Waals surface area contributed by atoms with Gasteiger partial charge >= 0.3 is 0 Å². The molecule has 0 amide bonds. The van der Waals surface area contributed by atoms with Gasteiger partial charge in [-0.2, -0.15) is 0 Å². The second-order valence-corrected chi connectivity index (χ2v) is 6.46. The highest BCUT2D eigenvalue weighted by Gasteiger charge is 2.22. The van der Waals surface area contributed by atoms with E-state index in [2.05, 4.69) is 10.6 Å². The zero-order valence-corrected chi connectivity index (χ0v) is 14.1. The quantitative estimate of drug-likeness (QED) is 0.588. The van der Waals surface area contributed by atoms with Gasteiger partial charge in [0.15, 0.2) is 0 Å². The zero-order valence-electron chi connectivity index (χ0n) is 14.1. The number of nitrogens with zero attached hydrogens (tertiary/aromatic N) is 2. The van der Waals surface area contributed by atoms with Crippen LogP contribution >= 0.6 is 0 Å². The van der Waals surface area contributed by atoms with Crippen molar-refractivity contribution in [1.82, 2.24) is 0 Å². The first-order chi connectivity index (χ1) is 12.5. The normalized spacial score (nSPS) is 19.5. The summed E-state index contributed by atoms with van der Waals surface area (Å²) in [5, 5.41) is 28.3. The third-order valence-electron chi connectivity index (χ3n) is 4.57. The molecule has 1 saturated carbocycles. The van der Waals surface area contributed by atoms with Crippen LogP contribution in [0.3, 0.4) is 0 Å². The van der Waals surface area contributed by atoms with Crippen molar-refractivity contribution in [2.24, 2.45) is 0 Å². The average Bonchev–Trinajstić information content (AvgIpc) is 2.63. The molecule has 0 saturated heterocycles. The first-order valence-corrected chi connectivity index (χ1v) is 8.53. The fourth-order valence-electron chi connectivity index (χ4n) is 3.28. The number of rotatable bonds is 6. The van der Waals surface area contributed by atoms with E-state index in [1.165, 1.54) is 24.3 Å². The van der Waals surface area contributed by atoms with E-state index < -0.39 is 9.85 Å². The van der Waals surface area contributed by atoms with Gasteiger partial charge < -0.3 is 10.6 Å². The Hall–Kier alpha value is -3.16. The molecule has 8 nitrogen and oxygen atoms in total. The Kier molecular flexibility index (Phi) is 5.31. The van der Waals surface area contributed by atoms with Gasteiger partial charge in [0.05, 0.1) is 9.85 Å². The van der Waals surface area contributed by atoms with Gasteiger partial charge in [0.1, 0.15) is 0 Å². The highest BCUT2D eigenvalue weighted by Crippen LogP contribution is 2.26. The molecule has 1 aliphatic carbocycles. The molecule has 1 fully saturated rings. The summed E-state index contributed by atoms with van der Waals surface area (Å²) in [6.07, 6.45) is 4.05. The smallest absolute Gasteiger partial charge is 0.269 e. The molecule has 26 heavy (non-hydrogen) atoms. The molecule has 2 aromatic rings. The summed E-state index contributed by atoms with van der Waals surface area (Å²) in [7, 11) is 0. The topological polar surface area (TPSA) is 110 Å². The number of hydrogen-bond acceptors (Lipinski definition) is 6. The molecule has 2 aromatic carbocycles. The molecule has 0 bridgehead atoms. The molecule has 0 radical (unpaired) electrons. The number of hydrogen-bond donors (Lipinski definition) is 2. The molecular weight excluding hydrogens is 336 g/mol. The van der Waals surface area contributed by atoms with Crippen molar-refractivity contribution in [3.63, 3.8) is 0 Å². The fourth-order valence-corrected chi connectivity index (χ4v) is 3.28. The Bertz CT molecular complexity index is 711. The molecule has 1 aliphatic rings. The largest absolute Gasteiger partial charge is 0.382 e. The molecule has 2 unspecified atom stereocenters. The second-order valence-electron chi connectivity index (χ2n) is 6.46. The van der Waals surface area contributed by atoms with E-state index in [-0.39, 0.29) is 23.5 Å². The monoisotopic (exact) mass is 356 g/mol. The summed E-state index contributed by atoms with van der Waals surface area (Å²) in [4.78, 5) is 20.6. The Morgan fingerprint density at radius 3 is 1.46 bits per heavy atom. The van der Waals surface area contributed by atoms with Crippen LogP contribution in [0.5, 0.6) is 0 Å². The minimum atomic E-state index is -0.408. The van der Waals surface area contributed by atoms with Crippen LogP contribution in [0.1, 0.15) is 25.7 Å². The predicted molar refractivity (Wildman–Crippen MR) is 99.5 cm³/mol. The molecule has 0 aromatic heterocycles. The lowest BCUT2D eigenvalue weighted by Gasteiger charge is -2.31. The second kappa shape index (κ2) is 7.81. The third-order valence-corrected chi connectivity index (χ3v) is 4.57. The van der Waals surface area contributed by atoms with Crippen LogP contribution in [-0.4, -0.2) is 21.9 Å². The lowest BCUT2D eigenvalue weighted by atomic mass is 9.90. The molecule has 0 aliphatic heterocycles. The van der Waals surface area contributed by atoms with Crippen molar-refractivity contribution in [2.45, 2.75) is 37.8 Å². The van der Waals surface area contributed by atoms with Gasteiger partial charge in [0, 0.05) is 47.7 Å². The van der Waals surface area contributed by atoms with E-state index in [0.29, 0.717) is 0 Å². The van der Waals surface area contributed by atoms with E-state index in [1.54, 1.807) is 24.3 Å². The molecule has 2 atom stereocenters. The Labute approximate surface area is 150 Å². The van der Waals surface area contributed by atoms with E-state index in [1.807, 2.05) is 0 Å². The number of non-ortho nitro benzene ring substituents is 2. The van der Waals surface area contributed by atoms with Gasteiger partial charge in [-0.05, 0) is 49.9 Å². The van der Waals surface area contributed by atoms with Crippen LogP contribution in [0.2, 0.25) is 0 Å². The highest BCUT2D eigenvalue weighted by atomic mass is 16.6. The number of nitro benzene ring substituents is 2. The molecular formula is C18H20N4O4. The average molecular weight is 356 g/mol. The van der Waals surface area contributed by atoms with Crippen molar-refractivity contribution < 1.29 is 9.85 Å². The Morgan fingerprint density at radius 2 is 1.12 bits per heavy atom. The van der Waals surface area contributed by atoms with Gasteiger partial charge in [-0.15, -0.1) is 0 Å². The molecule has 3 rings (SSSR count). The summed E-state index contributed by atoms with van der Waals surface area (Å²) in [5.74, 6) is 0. The number of nitro groups is 2. The first-order valence-electron chi connectivity index (χ1n) is 8.53. The summed E-state index contributed by atoms with van der Waals surface area (Å²) >= 11 is 0. The first kappa shape index (κ1) is 17.7. The fraction of sp³-hybridized carbons (Fsp3) is 0.333. The summed E-state index contributed by atoms with van der Waals surface area (Å²) in [5.41, 5.74) is 1.90. The lowest BCUT2D eigenvalue weighted by molar-refractivity contribution is -0.385. The predicted octanol–water partition coefficient (Wildman–Crippen LogP) is 4.34. The summed E-state index contributed by atoms with van der Waals surface area (Å²) in [6, 6.07) is 13.5. The van der Waals surface area contributed by atoms with E-state index in [4.69, 9.17) is 0 Å². The van der Waals surface area contributed by atoms with Crippen LogP contribution in [0.25, 0.3) is 0 Å². The maximum atomic E-state index is 10.7. The van der Waals surface area contributed by atoms with Crippen molar-refractivity contribution >= 4 is 22.7 Å². The molecule has 8 heteroatoms. The standard InChI is InChI=1S/C18H20N4O4/c23-21(24)17-8-4-13(5-9-17)19-15-2-1-3-16(12-15)20-14-6-10-18(11-7-14)22(25)26/h4-11,15-16,19-20H,1-3,12H2. The molecule has 0 heterocycles. The van der Waals surface area contributed by atoms with Gasteiger partial charge in [0.2, 0.25) is 0 Å². The SMILES string of the molecule is O=[N+]([O-])c1ccc(NC2CCCC(Nc3ccc([N+](=O)[O-])cc3)C2)cc1. The van der Waals surface area contributed by atoms with Crippen LogP contribution in [0.4, 0.5) is 22.7 Å². The van der Waals surface area contributed by atoms with Crippen molar-refractivity contribution in [2.75, 3.05) is 10.6 Å². The van der Waals surface area contributed by atoms with Crippen LogP contribution in [-0.2, 0) is 0 Å². The van der Waals surface area contributed by atoms with Crippen molar-refractivity contribution in [3.8, 4) is 0 Å². The highest BCUT2D eigenvalue weighted by molar-refractivity contribution is 5.50. The van der Waals surface area contributed by atoms with Crippen molar-refractivity contribution in [3.05, 3.63) is 68.8 Å². The molecule has 2 N–H and O–H groups in total. The van der Waals surface area contributed by atoms with E-state index in [0.717, 1.165) is 37.1 Å². The van der Waals surface area contributed by atoms with E-state index in [9.17, 15) is 20.2 Å². The Morgan fingerprint density at radius 1 is 0.731 bits per heavy atom. The minimum absolute atomic E-state index is 0.0805. The van der Waals surface area contributed by atoms with Crippen molar-refractivity contribution in [1.29, 1.82) is 0 Å². The van der Waals surface area contributed by atoms with Crippen LogP contribution < -0.4 is 10.6 Å². The zero-order chi connectivity index (χ0) is 18.5. The van der Waals surface area contributed by atoms with Gasteiger partial charge in [0.25, 0.3) is 11.4 Å². The maximum Gasteiger partial charge on any atom is 0.269 e. The molecule has 136 valence electrons. The number of anilines is 2. The summed E-state index contributed by atoms with van der Waals surface area (Å²) in [6.45, 7) is 0. The summed E-state index contributed by atoms with van der Waals surface area (Å²) < 4.78 is 0. The Balaban J connectivity index is 1.56. The van der Waals surface area contributed by atoms with Gasteiger partial charge in [-0.1, -0.05) is 0 Å². The van der Waals surface area contributed by atoms with Gasteiger partial charge in [-0.3, -0.25) is 20.2 Å². The van der Waals surface area contributed by atoms with E-state index >= 15 is 0 Å². The minimum Gasteiger partial charge on any atom is -0.382 e. The lowest BCUT2D eigenvalue weighted by Crippen LogP contribution is -2.34. The van der Waals surface area contributed by atoms with Gasteiger partial charge in [-0.25, -0.2) is 0 Å². The molecule has 0 spiro atoms. The van der Waals surface area contributed by atoms with Crippen LogP contribution in [0, 0.1) is 20.2 Å². The van der Waals surface area contributed by atoms with Crippen LogP contribution in [0.15, 0.2) is 48.5 Å². The number of nitrogens with one attached hydrogen (secondary N) is 2.